The molecule has 3 heterocycles. The van der Waals surface area contributed by atoms with Crippen LogP contribution in [0.4, 0.5) is 4.79 Å². The van der Waals surface area contributed by atoms with E-state index >= 15 is 0 Å². The van der Waals surface area contributed by atoms with Gasteiger partial charge >= 0.3 is 35.7 Å². The Morgan fingerprint density at radius 1 is 0.861 bits per heavy atom. The van der Waals surface area contributed by atoms with Gasteiger partial charge in [-0.25, -0.2) is 4.79 Å². The molecule has 0 saturated carbocycles. The maximum absolute atomic E-state index is 14.4. The molecule has 7 amide bonds. The van der Waals surface area contributed by atoms with Crippen LogP contribution in [0.3, 0.4) is 0 Å². The fraction of sp³-hybridized carbons (Fsp3) is 0.535. The van der Waals surface area contributed by atoms with Crippen LogP contribution in [0, 0.1) is 17.2 Å². The van der Waals surface area contributed by atoms with Crippen molar-refractivity contribution in [3.63, 3.8) is 0 Å². The van der Waals surface area contributed by atoms with Crippen LogP contribution in [-0.4, -0.2) is 180 Å². The minimum absolute atomic E-state index is 0. The van der Waals surface area contributed by atoms with Crippen LogP contribution in [-0.2, 0) is 55.9 Å². The molecule has 0 aliphatic carbocycles. The predicted molar refractivity (Wildman–Crippen MR) is 236 cm³/mol. The first kappa shape index (κ1) is 59.2. The van der Waals surface area contributed by atoms with Gasteiger partial charge < -0.3 is 86.3 Å². The number of nitrogens with one attached hydrogen (secondary N) is 5. The summed E-state index contributed by atoms with van der Waals surface area (Å²) in [5, 5.41) is 112. The van der Waals surface area contributed by atoms with E-state index < -0.39 is 165 Å². The number of β-amino-alcohol motifs (C(OH)–C–C–N with tert-alkyl or cyclic N) is 1. The van der Waals surface area contributed by atoms with E-state index in [4.69, 9.17) is 8.92 Å². The number of rotatable bonds is 13. The minimum atomic E-state index is -2.15. The van der Waals surface area contributed by atoms with Crippen LogP contribution < -0.4 is 65.6 Å². The number of phenols is 1. The van der Waals surface area contributed by atoms with Gasteiger partial charge in [-0.2, -0.15) is 5.26 Å². The molecule has 72 heavy (non-hydrogen) atoms. The van der Waals surface area contributed by atoms with E-state index in [0.717, 1.165) is 28.9 Å². The first-order valence-corrected chi connectivity index (χ1v) is 22.7. The second kappa shape index (κ2) is 27.6. The second-order valence-corrected chi connectivity index (χ2v) is 17.6. The molecule has 5 rings (SSSR count). The normalized spacial score (nSPS) is 27.9. The van der Waals surface area contributed by atoms with E-state index in [9.17, 15) is 79.8 Å². The molecule has 0 bridgehead atoms. The summed E-state index contributed by atoms with van der Waals surface area (Å²) in [7, 11) is 0. The van der Waals surface area contributed by atoms with Crippen molar-refractivity contribution in [2.45, 2.75) is 119 Å². The van der Waals surface area contributed by atoms with Crippen LogP contribution in [0.15, 0.2) is 48.5 Å². The van der Waals surface area contributed by atoms with Crippen molar-refractivity contribution < 1.29 is 122 Å². The smallest absolute Gasteiger partial charge is 0.691 e. The van der Waals surface area contributed by atoms with Crippen LogP contribution >= 0.6 is 12.3 Å². The summed E-state index contributed by atoms with van der Waals surface area (Å²) < 4.78 is 14.3. The van der Waals surface area contributed by atoms with Crippen molar-refractivity contribution in [3.05, 3.63) is 59.7 Å². The molecule has 2 aromatic rings. The molecule has 0 aromatic heterocycles. The molecule has 27 nitrogen and oxygen atoms in total. The Kier molecular flexibility index (Phi) is 22.7. The average molecular weight is 1040 g/mol. The predicted octanol–water partition coefficient (Wildman–Crippen LogP) is -8.08. The Morgan fingerprint density at radius 2 is 1.53 bits per heavy atom. The second-order valence-electron chi connectivity index (χ2n) is 17.2. The monoisotopic (exact) mass is 1040 g/mol. The van der Waals surface area contributed by atoms with Crippen LogP contribution in [0.25, 0.3) is 0 Å². The van der Waals surface area contributed by atoms with Gasteiger partial charge in [0.15, 0.2) is 11.5 Å². The van der Waals surface area contributed by atoms with Crippen molar-refractivity contribution in [1.82, 2.24) is 36.4 Å². The molecule has 0 radical (unpaired) electrons. The van der Waals surface area contributed by atoms with Crippen molar-refractivity contribution in [2.75, 3.05) is 19.6 Å². The first-order valence-electron chi connectivity index (χ1n) is 22.1. The zero-order valence-corrected chi connectivity index (χ0v) is 41.9. The van der Waals surface area contributed by atoms with Gasteiger partial charge in [-0.1, -0.05) is 43.3 Å². The number of phenolic OH excluding ortho intramolecular Hbond substituents is 1. The number of aliphatic hydroxyl groups excluding tert-OH is 6. The molecule has 2 aromatic carbocycles. The largest absolute Gasteiger partial charge is 1.00 e. The Hall–Kier alpha value is -5.39. The Morgan fingerprint density at radius 3 is 2.19 bits per heavy atom. The van der Waals surface area contributed by atoms with Crippen LogP contribution in [0.2, 0.25) is 0 Å². The Balaban J connectivity index is 0.0000112. The number of nitriles is 1. The molecule has 3 aliphatic heterocycles. The van der Waals surface area contributed by atoms with Gasteiger partial charge in [0.05, 0.1) is 49.1 Å². The van der Waals surface area contributed by atoms with E-state index in [-0.39, 0.29) is 66.3 Å². The number of aliphatic hydroxyl groups is 6. The fourth-order valence-corrected chi connectivity index (χ4v) is 8.47. The van der Waals surface area contributed by atoms with E-state index in [1.807, 2.05) is 0 Å². The number of amides is 7. The minimum Gasteiger partial charge on any atom is -0.691 e. The molecule has 7 unspecified atom stereocenters. The number of ether oxygens (including phenoxy) is 1. The number of carbonyl (C=O) groups excluding carboxylic acids is 7. The molecule has 388 valence electrons. The van der Waals surface area contributed by atoms with Gasteiger partial charge in [-0.3, -0.25) is 33.8 Å². The molecule has 13 atom stereocenters. The maximum Gasteiger partial charge on any atom is 1.00 e. The Bertz CT molecular complexity index is 2270. The fourth-order valence-electron chi connectivity index (χ4n) is 8.21. The number of benzene rings is 2. The van der Waals surface area contributed by atoms with Crippen LogP contribution in [0.5, 0.6) is 11.5 Å². The van der Waals surface area contributed by atoms with Gasteiger partial charge in [0.25, 0.3) is 12.3 Å². The Labute approximate surface area is 437 Å². The van der Waals surface area contributed by atoms with Crippen LogP contribution in [0.1, 0.15) is 44.2 Å². The zero-order valence-electron chi connectivity index (χ0n) is 39.1. The van der Waals surface area contributed by atoms with Gasteiger partial charge in [0.2, 0.25) is 35.4 Å². The summed E-state index contributed by atoms with van der Waals surface area (Å²) in [6.45, 7) is 0.696. The van der Waals surface area contributed by atoms with E-state index in [1.165, 1.54) is 13.0 Å². The van der Waals surface area contributed by atoms with Crippen molar-refractivity contribution in [3.8, 4) is 17.6 Å². The van der Waals surface area contributed by atoms with Gasteiger partial charge in [-0.15, -0.1) is 4.33 Å². The van der Waals surface area contributed by atoms with Crippen molar-refractivity contribution in [2.24, 2.45) is 5.92 Å². The average Bonchev–Trinajstić information content (AvgIpc) is 3.88. The number of nitrogens with zero attached hydrogens (tertiary/aromatic N) is 3. The maximum atomic E-state index is 14.4. The zero-order chi connectivity index (χ0) is 52.1. The van der Waals surface area contributed by atoms with E-state index in [0.29, 0.717) is 5.56 Å². The molecule has 3 fully saturated rings. The molecular formula is C43H55N8NaO19S. The number of aromatic hydroxyl groups is 1. The molecule has 29 heteroatoms. The van der Waals surface area contributed by atoms with E-state index in [1.54, 1.807) is 36.4 Å². The quantitative estimate of drug-likeness (QED) is 0.0291. The van der Waals surface area contributed by atoms with Gasteiger partial charge in [0.1, 0.15) is 42.9 Å². The summed E-state index contributed by atoms with van der Waals surface area (Å²) in [5.74, 6) is -8.87. The summed E-state index contributed by atoms with van der Waals surface area (Å²) in [6, 6.07) is 2.13. The number of carbonyl (C=O) groups is 7. The molecule has 3 aliphatic rings. The van der Waals surface area contributed by atoms with Gasteiger partial charge in [0, 0.05) is 44.8 Å². The third-order valence-electron chi connectivity index (χ3n) is 11.9. The molecule has 3 saturated heterocycles. The number of hydrogen-bond acceptors (Lipinski definition) is 21. The SMILES string of the molecule is CC(O)C1NC(=O)[C@@H](NC(=O)OCc2ccccc2)C[C@H](O)CNC(=O)C2[C@@H](O)C(C)CN2C(=O)[C@H]([C@H](O)CC#N)NC(=O)C([C@H](O)Cc2ccc(O)c(OSOO[O-])c2)NC(=O)C2CC(O)CN2C1=O.[Na+]. The molecule has 12 N–H and O–H groups in total. The number of alkyl carbamates (subject to hydrolysis) is 1. The van der Waals surface area contributed by atoms with Gasteiger partial charge in [-0.05, 0) is 30.2 Å². The topological polar surface area (TPSA) is 412 Å². The third kappa shape index (κ3) is 15.6. The summed E-state index contributed by atoms with van der Waals surface area (Å²) >= 11 is 0.00418. The first-order chi connectivity index (χ1) is 33.7. The van der Waals surface area contributed by atoms with E-state index in [2.05, 4.69) is 36.0 Å². The standard InChI is InChI=1S/C43H56N8O19S.Na/c1-20-17-51-35(36(20)58)40(62)45-16-24(53)14-26(46-43(65)67-19-22-6-4-3-5-7-22)37(59)47-32(21(2)52)41(63)50-18-25(54)15-27(50)38(60)48-33(39(61)49-34(42(51)64)29(56)10-11-44)30(57)12-23-8-9-28(55)31(13-23)68-71-70-69-66;/h3-9,13,20-21,24-27,29-30,32-36,52-58,66H,10,12,14-19H2,1-2H3,(H,45,62)(H,46,65)(H,47,59)(H,48,60)(H,49,61);/q;+1/p-1/t20?,21?,24-,25?,26-,27?,29+,30+,32?,33?,34-,35?,36-;/m0./s1. The number of fused-ring (bicyclic) bond motifs is 2. The molecule has 0 spiro atoms. The summed E-state index contributed by atoms with van der Waals surface area (Å²) in [5.41, 5.74) is 0.656. The summed E-state index contributed by atoms with van der Waals surface area (Å²) in [4.78, 5) is 100.0. The number of hydrogen-bond donors (Lipinski definition) is 12. The van der Waals surface area contributed by atoms with Crippen molar-refractivity contribution in [1.29, 1.82) is 5.26 Å². The third-order valence-corrected chi connectivity index (χ3v) is 12.3. The summed E-state index contributed by atoms with van der Waals surface area (Å²) in [6.07, 6.45) is -14.2. The molecular weight excluding hydrogens is 988 g/mol. The van der Waals surface area contributed by atoms with Crippen molar-refractivity contribution >= 4 is 53.9 Å².